The lowest BCUT2D eigenvalue weighted by Crippen LogP contribution is -2.27. The minimum atomic E-state index is -3.43. The third-order valence-corrected chi connectivity index (χ3v) is 8.25. The summed E-state index contributed by atoms with van der Waals surface area (Å²) in [6, 6.07) is 16.0. The van der Waals surface area contributed by atoms with Crippen molar-refractivity contribution in [1.29, 1.82) is 0 Å². The Morgan fingerprint density at radius 3 is 2.41 bits per heavy atom. The minimum absolute atomic E-state index is 0.335. The summed E-state index contributed by atoms with van der Waals surface area (Å²) in [7, 11) is -3.43. The van der Waals surface area contributed by atoms with Crippen LogP contribution in [0, 0.1) is 5.82 Å². The Morgan fingerprint density at radius 1 is 1.00 bits per heavy atom. The Morgan fingerprint density at radius 2 is 1.72 bits per heavy atom. The first-order valence-electron chi connectivity index (χ1n) is 9.21. The van der Waals surface area contributed by atoms with Gasteiger partial charge in [0.15, 0.2) is 0 Å². The average Bonchev–Trinajstić information content (AvgIpc) is 3.41. The lowest BCUT2D eigenvalue weighted by Gasteiger charge is -2.13. The number of nitrogens with one attached hydrogen (secondary N) is 1. The van der Waals surface area contributed by atoms with Crippen LogP contribution in [0.15, 0.2) is 64.9 Å². The smallest absolute Gasteiger partial charge is 0.255 e. The quantitative estimate of drug-likeness (QED) is 0.644. The standard InChI is InChI=1S/C21H19FN2O3S2/c22-17-4-3-5-18(14-17)23-21(25)16-8-6-15(7-9-16)19-10-11-20(28-19)29(26,27)24-12-1-2-13-24/h3-11,14H,1-2,12-13H2,(H,23,25). The van der Waals surface area contributed by atoms with Gasteiger partial charge in [0.2, 0.25) is 0 Å². The van der Waals surface area contributed by atoms with E-state index in [1.165, 1.54) is 33.8 Å². The first-order valence-corrected chi connectivity index (χ1v) is 11.5. The second-order valence-electron chi connectivity index (χ2n) is 6.77. The molecule has 1 saturated heterocycles. The Kier molecular flexibility index (Phi) is 5.49. The van der Waals surface area contributed by atoms with Crippen LogP contribution in [0.4, 0.5) is 10.1 Å². The van der Waals surface area contributed by atoms with Crippen LogP contribution in [0.3, 0.4) is 0 Å². The number of hydrogen-bond acceptors (Lipinski definition) is 4. The third kappa shape index (κ3) is 4.24. The van der Waals surface area contributed by atoms with Gasteiger partial charge in [0.1, 0.15) is 10.0 Å². The predicted octanol–water partition coefficient (Wildman–Crippen LogP) is 4.59. The van der Waals surface area contributed by atoms with Gasteiger partial charge in [-0.1, -0.05) is 18.2 Å². The third-order valence-electron chi connectivity index (χ3n) is 4.75. The lowest BCUT2D eigenvalue weighted by atomic mass is 10.1. The number of thiophene rings is 1. The summed E-state index contributed by atoms with van der Waals surface area (Å²) in [4.78, 5) is 13.2. The van der Waals surface area contributed by atoms with E-state index in [2.05, 4.69) is 5.32 Å². The molecule has 3 aromatic rings. The van der Waals surface area contributed by atoms with Gasteiger partial charge in [0.05, 0.1) is 0 Å². The molecular formula is C21H19FN2O3S2. The van der Waals surface area contributed by atoms with Crippen molar-refractivity contribution in [3.05, 3.63) is 72.0 Å². The van der Waals surface area contributed by atoms with Crippen molar-refractivity contribution in [2.75, 3.05) is 18.4 Å². The van der Waals surface area contributed by atoms with Gasteiger partial charge in [0, 0.05) is 29.2 Å². The molecule has 1 N–H and O–H groups in total. The van der Waals surface area contributed by atoms with Crippen LogP contribution < -0.4 is 5.32 Å². The molecule has 5 nitrogen and oxygen atoms in total. The molecule has 0 atom stereocenters. The van der Waals surface area contributed by atoms with Crippen molar-refractivity contribution in [3.8, 4) is 10.4 Å². The first-order chi connectivity index (χ1) is 13.9. The van der Waals surface area contributed by atoms with Crippen LogP contribution in [-0.2, 0) is 10.0 Å². The molecule has 1 aliphatic heterocycles. The summed E-state index contributed by atoms with van der Waals surface area (Å²) in [6.07, 6.45) is 1.80. The zero-order valence-corrected chi connectivity index (χ0v) is 17.1. The highest BCUT2D eigenvalue weighted by Gasteiger charge is 2.28. The maximum atomic E-state index is 13.2. The van der Waals surface area contributed by atoms with E-state index in [-0.39, 0.29) is 5.91 Å². The number of sulfonamides is 1. The summed E-state index contributed by atoms with van der Waals surface area (Å²) < 4.78 is 40.5. The van der Waals surface area contributed by atoms with E-state index in [0.29, 0.717) is 28.5 Å². The molecule has 2 aromatic carbocycles. The van der Waals surface area contributed by atoms with Gasteiger partial charge < -0.3 is 5.32 Å². The number of amides is 1. The van der Waals surface area contributed by atoms with Gasteiger partial charge >= 0.3 is 0 Å². The van der Waals surface area contributed by atoms with Crippen molar-refractivity contribution >= 4 is 33.0 Å². The number of carbonyl (C=O) groups is 1. The van der Waals surface area contributed by atoms with Crippen molar-refractivity contribution < 1.29 is 17.6 Å². The van der Waals surface area contributed by atoms with Crippen molar-refractivity contribution in [2.24, 2.45) is 0 Å². The minimum Gasteiger partial charge on any atom is -0.322 e. The SMILES string of the molecule is O=C(Nc1cccc(F)c1)c1ccc(-c2ccc(S(=O)(=O)N3CCCC3)s2)cc1. The number of carbonyl (C=O) groups excluding carboxylic acids is 1. The van der Waals surface area contributed by atoms with E-state index in [9.17, 15) is 17.6 Å². The molecule has 8 heteroatoms. The van der Waals surface area contributed by atoms with E-state index >= 15 is 0 Å². The van der Waals surface area contributed by atoms with Gasteiger partial charge in [-0.15, -0.1) is 11.3 Å². The molecule has 150 valence electrons. The van der Waals surface area contributed by atoms with Crippen LogP contribution in [0.25, 0.3) is 10.4 Å². The molecule has 1 aromatic heterocycles. The number of hydrogen-bond donors (Lipinski definition) is 1. The van der Waals surface area contributed by atoms with Crippen LogP contribution in [0.1, 0.15) is 23.2 Å². The van der Waals surface area contributed by atoms with E-state index in [1.807, 2.05) is 0 Å². The number of halogens is 1. The molecule has 0 aliphatic carbocycles. The highest BCUT2D eigenvalue weighted by atomic mass is 32.2. The molecule has 29 heavy (non-hydrogen) atoms. The Labute approximate surface area is 172 Å². The van der Waals surface area contributed by atoms with Crippen molar-refractivity contribution in [2.45, 2.75) is 17.1 Å². The first kappa shape index (κ1) is 19.8. The second-order valence-corrected chi connectivity index (χ2v) is 10.0. The molecule has 1 fully saturated rings. The maximum Gasteiger partial charge on any atom is 0.255 e. The van der Waals surface area contributed by atoms with Crippen molar-refractivity contribution in [1.82, 2.24) is 4.31 Å². The molecule has 0 bridgehead atoms. The fourth-order valence-corrected chi connectivity index (χ4v) is 6.21. The number of nitrogens with zero attached hydrogens (tertiary/aromatic N) is 1. The summed E-state index contributed by atoms with van der Waals surface area (Å²) in [5, 5.41) is 2.65. The largest absolute Gasteiger partial charge is 0.322 e. The molecule has 1 amide bonds. The van der Waals surface area contributed by atoms with Gasteiger partial charge in [-0.3, -0.25) is 4.79 Å². The van der Waals surface area contributed by atoms with Gasteiger partial charge in [-0.2, -0.15) is 4.31 Å². The summed E-state index contributed by atoms with van der Waals surface area (Å²) >= 11 is 1.23. The summed E-state index contributed by atoms with van der Waals surface area (Å²) in [5.41, 5.74) is 1.65. The molecule has 0 radical (unpaired) electrons. The highest BCUT2D eigenvalue weighted by Crippen LogP contribution is 2.33. The number of anilines is 1. The fourth-order valence-electron chi connectivity index (χ4n) is 3.23. The monoisotopic (exact) mass is 430 g/mol. The number of rotatable bonds is 5. The van der Waals surface area contributed by atoms with Crippen molar-refractivity contribution in [3.63, 3.8) is 0 Å². The van der Waals surface area contributed by atoms with E-state index < -0.39 is 15.8 Å². The summed E-state index contributed by atoms with van der Waals surface area (Å²) in [5.74, 6) is -0.763. The van der Waals surface area contributed by atoms with Crippen LogP contribution >= 0.6 is 11.3 Å². The summed E-state index contributed by atoms with van der Waals surface area (Å²) in [6.45, 7) is 1.15. The Hall–Kier alpha value is -2.55. The maximum absolute atomic E-state index is 13.2. The zero-order chi connectivity index (χ0) is 20.4. The highest BCUT2D eigenvalue weighted by molar-refractivity contribution is 7.91. The van der Waals surface area contributed by atoms with Crippen LogP contribution in [0.5, 0.6) is 0 Å². The van der Waals surface area contributed by atoms with Gasteiger partial charge in [-0.05, 0) is 60.9 Å². The number of benzene rings is 2. The van der Waals surface area contributed by atoms with Crippen LogP contribution in [0.2, 0.25) is 0 Å². The average molecular weight is 431 g/mol. The van der Waals surface area contributed by atoms with E-state index in [1.54, 1.807) is 42.5 Å². The predicted molar refractivity (Wildman–Crippen MR) is 112 cm³/mol. The molecular weight excluding hydrogens is 411 g/mol. The molecule has 1 aliphatic rings. The fraction of sp³-hybridized carbons (Fsp3) is 0.190. The molecule has 0 spiro atoms. The molecule has 4 rings (SSSR count). The normalized spacial score (nSPS) is 14.8. The van der Waals surface area contributed by atoms with E-state index in [4.69, 9.17) is 0 Å². The molecule has 2 heterocycles. The van der Waals surface area contributed by atoms with Gasteiger partial charge in [-0.25, -0.2) is 12.8 Å². The van der Waals surface area contributed by atoms with E-state index in [0.717, 1.165) is 23.3 Å². The Balaban J connectivity index is 1.49. The molecule has 0 saturated carbocycles. The lowest BCUT2D eigenvalue weighted by molar-refractivity contribution is 0.102. The zero-order valence-electron chi connectivity index (χ0n) is 15.5. The topological polar surface area (TPSA) is 66.5 Å². The molecule has 0 unspecified atom stereocenters. The van der Waals surface area contributed by atoms with Gasteiger partial charge in [0.25, 0.3) is 15.9 Å². The Bertz CT molecular complexity index is 1130. The second kappa shape index (κ2) is 8.06. The van der Waals surface area contributed by atoms with Crippen LogP contribution in [-0.4, -0.2) is 31.7 Å².